The van der Waals surface area contributed by atoms with E-state index < -0.39 is 0 Å². The van der Waals surface area contributed by atoms with Crippen molar-refractivity contribution in [2.24, 2.45) is 7.05 Å². The molecule has 1 amide bonds. The lowest BCUT2D eigenvalue weighted by atomic mass is 10.1. The van der Waals surface area contributed by atoms with Gasteiger partial charge >= 0.3 is 0 Å². The molecule has 0 unspecified atom stereocenters. The zero-order valence-corrected chi connectivity index (χ0v) is 18.5. The summed E-state index contributed by atoms with van der Waals surface area (Å²) in [6.07, 6.45) is 2.35. The molecule has 7 nitrogen and oxygen atoms in total. The van der Waals surface area contributed by atoms with Crippen LogP contribution in [0.15, 0.2) is 53.5 Å². The molecule has 0 aliphatic heterocycles. The van der Waals surface area contributed by atoms with Crippen molar-refractivity contribution < 1.29 is 9.53 Å². The number of amides is 1. The van der Waals surface area contributed by atoms with Crippen molar-refractivity contribution >= 4 is 17.3 Å². The van der Waals surface area contributed by atoms with E-state index in [1.165, 1.54) is 10.9 Å². The average molecular weight is 421 g/mol. The van der Waals surface area contributed by atoms with Gasteiger partial charge in [-0.05, 0) is 62.6 Å². The van der Waals surface area contributed by atoms with E-state index in [0.717, 1.165) is 17.5 Å². The summed E-state index contributed by atoms with van der Waals surface area (Å²) in [5, 5.41) is 10.2. The van der Waals surface area contributed by atoms with Crippen LogP contribution >= 0.6 is 0 Å². The number of ether oxygens (including phenoxy) is 1. The first-order valence-electron chi connectivity index (χ1n) is 10.3. The van der Waals surface area contributed by atoms with Gasteiger partial charge in [0.2, 0.25) is 0 Å². The third-order valence-electron chi connectivity index (χ3n) is 5.26. The van der Waals surface area contributed by atoms with E-state index in [4.69, 9.17) is 4.74 Å². The van der Waals surface area contributed by atoms with Crippen molar-refractivity contribution in [3.63, 3.8) is 0 Å². The Morgan fingerprint density at radius 3 is 2.65 bits per heavy atom. The van der Waals surface area contributed by atoms with Crippen LogP contribution in [0.5, 0.6) is 11.5 Å². The number of hydrogen-bond donors (Lipinski definition) is 2. The predicted molar refractivity (Wildman–Crippen MR) is 122 cm³/mol. The highest BCUT2D eigenvalue weighted by molar-refractivity contribution is 5.95. The maximum absolute atomic E-state index is 12.8. The smallest absolute Gasteiger partial charge is 0.294 e. The van der Waals surface area contributed by atoms with Crippen LogP contribution in [0.3, 0.4) is 0 Å². The fourth-order valence-electron chi connectivity index (χ4n) is 2.96. The molecule has 162 valence electrons. The first kappa shape index (κ1) is 22.1. The molecule has 1 atom stereocenters. The molecule has 0 radical (unpaired) electrons. The third kappa shape index (κ3) is 5.12. The molecular formula is C24H28N4O3. The molecule has 0 saturated heterocycles. The van der Waals surface area contributed by atoms with Gasteiger partial charge in [-0.15, -0.1) is 0 Å². The van der Waals surface area contributed by atoms with Crippen molar-refractivity contribution in [3.8, 4) is 11.5 Å². The van der Waals surface area contributed by atoms with Gasteiger partial charge in [0.25, 0.3) is 11.5 Å². The molecule has 1 heterocycles. The molecule has 1 aromatic heterocycles. The number of nitrogens with zero attached hydrogens (tertiary/aromatic N) is 2. The molecule has 0 aliphatic rings. The fraction of sp³-hybridized carbons (Fsp3) is 0.292. The minimum Gasteiger partial charge on any atom is -0.453 e. The Bertz CT molecular complexity index is 1150. The van der Waals surface area contributed by atoms with Gasteiger partial charge in [0, 0.05) is 24.3 Å². The van der Waals surface area contributed by atoms with Crippen LogP contribution < -0.4 is 20.9 Å². The number of aryl methyl sites for hydroxylation is 2. The quantitative estimate of drug-likeness (QED) is 0.589. The molecular weight excluding hydrogens is 392 g/mol. The molecule has 7 heteroatoms. The molecule has 0 fully saturated rings. The van der Waals surface area contributed by atoms with Crippen molar-refractivity contribution in [2.75, 3.05) is 5.32 Å². The second kappa shape index (κ2) is 9.47. The zero-order valence-electron chi connectivity index (χ0n) is 18.5. The molecule has 0 spiro atoms. The zero-order chi connectivity index (χ0) is 22.5. The highest BCUT2D eigenvalue weighted by Gasteiger charge is 2.15. The minimum atomic E-state index is -0.336. The summed E-state index contributed by atoms with van der Waals surface area (Å²) in [5.41, 5.74) is 3.09. The Morgan fingerprint density at radius 2 is 1.90 bits per heavy atom. The number of benzene rings is 2. The topological polar surface area (TPSA) is 85.2 Å². The summed E-state index contributed by atoms with van der Waals surface area (Å²) < 4.78 is 7.29. The Morgan fingerprint density at radius 1 is 1.16 bits per heavy atom. The molecule has 3 aromatic rings. The van der Waals surface area contributed by atoms with Crippen LogP contribution in [0.4, 0.5) is 11.4 Å². The fourth-order valence-corrected chi connectivity index (χ4v) is 2.96. The first-order valence-corrected chi connectivity index (χ1v) is 10.3. The SMILES string of the molecule is CC[C@@H](C)NC(=O)c1cccc(Nc2c(Oc3cccc(C)c3C)cnn(C)c2=O)c1. The maximum Gasteiger partial charge on any atom is 0.294 e. The van der Waals surface area contributed by atoms with E-state index in [1.54, 1.807) is 31.3 Å². The van der Waals surface area contributed by atoms with Crippen molar-refractivity contribution in [2.45, 2.75) is 40.2 Å². The Balaban J connectivity index is 1.94. The maximum atomic E-state index is 12.8. The second-order valence-corrected chi connectivity index (χ2v) is 7.60. The number of aromatic nitrogens is 2. The van der Waals surface area contributed by atoms with Gasteiger partial charge in [0.1, 0.15) is 5.75 Å². The number of carbonyl (C=O) groups is 1. The monoisotopic (exact) mass is 420 g/mol. The highest BCUT2D eigenvalue weighted by Crippen LogP contribution is 2.31. The van der Waals surface area contributed by atoms with E-state index in [-0.39, 0.29) is 23.2 Å². The Kier molecular flexibility index (Phi) is 6.74. The van der Waals surface area contributed by atoms with Crippen LogP contribution in [-0.2, 0) is 7.05 Å². The van der Waals surface area contributed by atoms with Crippen LogP contribution in [0.1, 0.15) is 41.8 Å². The van der Waals surface area contributed by atoms with Gasteiger partial charge in [-0.3, -0.25) is 9.59 Å². The lowest BCUT2D eigenvalue weighted by Gasteiger charge is -2.16. The van der Waals surface area contributed by atoms with Gasteiger partial charge in [-0.25, -0.2) is 4.68 Å². The molecule has 0 saturated carbocycles. The van der Waals surface area contributed by atoms with Crippen molar-refractivity contribution in [1.29, 1.82) is 0 Å². The highest BCUT2D eigenvalue weighted by atomic mass is 16.5. The van der Waals surface area contributed by atoms with E-state index in [0.29, 0.717) is 22.7 Å². The van der Waals surface area contributed by atoms with E-state index in [1.807, 2.05) is 45.9 Å². The molecule has 2 N–H and O–H groups in total. The number of nitrogens with one attached hydrogen (secondary N) is 2. The van der Waals surface area contributed by atoms with E-state index in [9.17, 15) is 9.59 Å². The van der Waals surface area contributed by atoms with Crippen LogP contribution in [0.25, 0.3) is 0 Å². The summed E-state index contributed by atoms with van der Waals surface area (Å²) >= 11 is 0. The van der Waals surface area contributed by atoms with Gasteiger partial charge in [-0.1, -0.05) is 25.1 Å². The number of carbonyl (C=O) groups excluding carboxylic acids is 1. The van der Waals surface area contributed by atoms with Crippen LogP contribution in [-0.4, -0.2) is 21.7 Å². The molecule has 2 aromatic carbocycles. The summed E-state index contributed by atoms with van der Waals surface area (Å²) in [5.74, 6) is 0.804. The summed E-state index contributed by atoms with van der Waals surface area (Å²) in [6, 6.07) is 12.8. The van der Waals surface area contributed by atoms with Gasteiger partial charge < -0.3 is 15.4 Å². The Hall–Kier alpha value is -3.61. The van der Waals surface area contributed by atoms with E-state index >= 15 is 0 Å². The lowest BCUT2D eigenvalue weighted by molar-refractivity contribution is 0.0939. The molecule has 0 aliphatic carbocycles. The summed E-state index contributed by atoms with van der Waals surface area (Å²) in [7, 11) is 1.57. The third-order valence-corrected chi connectivity index (χ3v) is 5.26. The molecule has 0 bridgehead atoms. The van der Waals surface area contributed by atoms with Gasteiger partial charge in [0.05, 0.1) is 6.20 Å². The van der Waals surface area contributed by atoms with Crippen molar-refractivity contribution in [1.82, 2.24) is 15.1 Å². The largest absolute Gasteiger partial charge is 0.453 e. The van der Waals surface area contributed by atoms with Crippen molar-refractivity contribution in [3.05, 3.63) is 75.7 Å². The predicted octanol–water partition coefficient (Wildman–Crippen LogP) is 4.46. The number of anilines is 2. The van der Waals surface area contributed by atoms with Crippen LogP contribution in [0, 0.1) is 13.8 Å². The normalized spacial score (nSPS) is 11.6. The van der Waals surface area contributed by atoms with Gasteiger partial charge in [0.15, 0.2) is 11.4 Å². The summed E-state index contributed by atoms with van der Waals surface area (Å²) in [4.78, 5) is 25.3. The number of rotatable bonds is 7. The minimum absolute atomic E-state index is 0.0779. The lowest BCUT2D eigenvalue weighted by Crippen LogP contribution is -2.31. The average Bonchev–Trinajstić information content (AvgIpc) is 2.76. The summed E-state index contributed by atoms with van der Waals surface area (Å²) in [6.45, 7) is 7.93. The van der Waals surface area contributed by atoms with Crippen LogP contribution in [0.2, 0.25) is 0 Å². The van der Waals surface area contributed by atoms with E-state index in [2.05, 4.69) is 15.7 Å². The first-order chi connectivity index (χ1) is 14.8. The Labute approximate surface area is 182 Å². The van der Waals surface area contributed by atoms with Gasteiger partial charge in [-0.2, -0.15) is 5.10 Å². The number of hydrogen-bond acceptors (Lipinski definition) is 5. The molecule has 3 rings (SSSR count). The standard InChI is InChI=1S/C24H28N4O3/c1-6-16(3)26-23(29)18-10-8-11-19(13-18)27-22-21(14-25-28(5)24(22)30)31-20-12-7-9-15(2)17(20)4/h7-14,16,27H,6H2,1-5H3,(H,26,29)/t16-/m1/s1. The second-order valence-electron chi connectivity index (χ2n) is 7.60. The molecule has 31 heavy (non-hydrogen) atoms.